The predicted octanol–water partition coefficient (Wildman–Crippen LogP) is 6.14. The molecule has 0 spiro atoms. The summed E-state index contributed by atoms with van der Waals surface area (Å²) in [5, 5.41) is 2.26. The lowest BCUT2D eigenvalue weighted by Gasteiger charge is -2.36. The second-order valence-electron chi connectivity index (χ2n) is 5.52. The van der Waals surface area contributed by atoms with Gasteiger partial charge in [0.25, 0.3) is 0 Å². The van der Waals surface area contributed by atoms with Crippen molar-refractivity contribution in [1.29, 1.82) is 0 Å². The molecule has 0 aliphatic heterocycles. The van der Waals surface area contributed by atoms with Gasteiger partial charge in [0.05, 0.1) is 0 Å². The molecule has 0 bridgehead atoms. The molecule has 1 aromatic rings. The first-order chi connectivity index (χ1) is 9.30. The molecule has 0 atom stereocenters. The molecule has 0 N–H and O–H groups in total. The molecule has 1 aliphatic carbocycles. The molecule has 19 heavy (non-hydrogen) atoms. The van der Waals surface area contributed by atoms with E-state index in [-0.39, 0.29) is 0 Å². The Balaban J connectivity index is 1.89. The summed E-state index contributed by atoms with van der Waals surface area (Å²) in [6.45, 7) is 0. The Hall–Kier alpha value is 0.530. The highest BCUT2D eigenvalue weighted by Crippen LogP contribution is 2.45. The fourth-order valence-corrected chi connectivity index (χ4v) is 6.52. The SMILES string of the molecule is BrCC(CBr)(CCSc1ccccc1)C1CCCC1. The van der Waals surface area contributed by atoms with Gasteiger partial charge in [0.2, 0.25) is 0 Å². The second-order valence-corrected chi connectivity index (χ2v) is 7.81. The van der Waals surface area contributed by atoms with Crippen LogP contribution in [0.3, 0.4) is 0 Å². The standard InChI is InChI=1S/C16H22Br2S/c17-12-16(13-18,14-6-4-5-7-14)10-11-19-15-8-2-1-3-9-15/h1-3,8-9,14H,4-7,10-13H2. The zero-order chi connectivity index (χ0) is 13.6. The Morgan fingerprint density at radius 1 is 1.05 bits per heavy atom. The van der Waals surface area contributed by atoms with Gasteiger partial charge >= 0.3 is 0 Å². The van der Waals surface area contributed by atoms with E-state index in [1.165, 1.54) is 42.8 Å². The van der Waals surface area contributed by atoms with Crippen molar-refractivity contribution in [2.24, 2.45) is 11.3 Å². The van der Waals surface area contributed by atoms with Crippen LogP contribution in [0.1, 0.15) is 32.1 Å². The van der Waals surface area contributed by atoms with E-state index in [0.29, 0.717) is 5.41 Å². The third-order valence-corrected chi connectivity index (χ3v) is 7.61. The number of hydrogen-bond donors (Lipinski definition) is 0. The minimum Gasteiger partial charge on any atom is -0.126 e. The molecule has 3 heteroatoms. The summed E-state index contributed by atoms with van der Waals surface area (Å²) in [7, 11) is 0. The van der Waals surface area contributed by atoms with E-state index in [1.807, 2.05) is 11.8 Å². The largest absolute Gasteiger partial charge is 0.126 e. The maximum Gasteiger partial charge on any atom is 0.00989 e. The van der Waals surface area contributed by atoms with E-state index in [4.69, 9.17) is 0 Å². The van der Waals surface area contributed by atoms with Gasteiger partial charge in [0, 0.05) is 15.6 Å². The van der Waals surface area contributed by atoms with Crippen LogP contribution in [0, 0.1) is 11.3 Å². The van der Waals surface area contributed by atoms with Crippen molar-refractivity contribution in [3.63, 3.8) is 0 Å². The summed E-state index contributed by atoms with van der Waals surface area (Å²) < 4.78 is 0. The van der Waals surface area contributed by atoms with E-state index in [2.05, 4.69) is 62.2 Å². The van der Waals surface area contributed by atoms with Crippen LogP contribution in [0.2, 0.25) is 0 Å². The van der Waals surface area contributed by atoms with Crippen molar-refractivity contribution < 1.29 is 0 Å². The van der Waals surface area contributed by atoms with Gasteiger partial charge in [0.15, 0.2) is 0 Å². The van der Waals surface area contributed by atoms with Gasteiger partial charge in [-0.3, -0.25) is 0 Å². The van der Waals surface area contributed by atoms with Crippen LogP contribution >= 0.6 is 43.6 Å². The normalized spacial score (nSPS) is 16.9. The van der Waals surface area contributed by atoms with Crippen LogP contribution in [0.25, 0.3) is 0 Å². The quantitative estimate of drug-likeness (QED) is 0.388. The van der Waals surface area contributed by atoms with Crippen LogP contribution in [-0.2, 0) is 0 Å². The molecular weight excluding hydrogens is 384 g/mol. The molecule has 0 aromatic heterocycles. The number of alkyl halides is 2. The molecule has 0 unspecified atom stereocenters. The summed E-state index contributed by atoms with van der Waals surface area (Å²) in [4.78, 5) is 1.40. The van der Waals surface area contributed by atoms with E-state index >= 15 is 0 Å². The highest BCUT2D eigenvalue weighted by molar-refractivity contribution is 9.09. The van der Waals surface area contributed by atoms with Gasteiger partial charge in [-0.05, 0) is 48.5 Å². The Kier molecular flexibility index (Phi) is 6.77. The van der Waals surface area contributed by atoms with Crippen LogP contribution in [0.4, 0.5) is 0 Å². The number of halogens is 2. The first-order valence-corrected chi connectivity index (χ1v) is 10.3. The summed E-state index contributed by atoms with van der Waals surface area (Å²) in [5.74, 6) is 2.13. The Labute approximate surface area is 138 Å². The summed E-state index contributed by atoms with van der Waals surface area (Å²) in [5.41, 5.74) is 0.457. The maximum absolute atomic E-state index is 3.79. The fraction of sp³-hybridized carbons (Fsp3) is 0.625. The first kappa shape index (κ1) is 15.9. The lowest BCUT2D eigenvalue weighted by molar-refractivity contribution is 0.228. The maximum atomic E-state index is 3.79. The van der Waals surface area contributed by atoms with E-state index in [9.17, 15) is 0 Å². The summed E-state index contributed by atoms with van der Waals surface area (Å²) >= 11 is 9.58. The van der Waals surface area contributed by atoms with Crippen molar-refractivity contribution in [3.05, 3.63) is 30.3 Å². The fourth-order valence-electron chi connectivity index (χ4n) is 3.02. The van der Waals surface area contributed by atoms with Crippen molar-refractivity contribution in [3.8, 4) is 0 Å². The van der Waals surface area contributed by atoms with Crippen molar-refractivity contribution >= 4 is 43.6 Å². The lowest BCUT2D eigenvalue weighted by atomic mass is 9.75. The van der Waals surface area contributed by atoms with Gasteiger partial charge in [-0.1, -0.05) is 62.9 Å². The Morgan fingerprint density at radius 2 is 1.68 bits per heavy atom. The number of benzene rings is 1. The van der Waals surface area contributed by atoms with Crippen LogP contribution < -0.4 is 0 Å². The number of hydrogen-bond acceptors (Lipinski definition) is 1. The molecule has 1 aromatic carbocycles. The summed E-state index contributed by atoms with van der Waals surface area (Å²) in [6.07, 6.45) is 7.00. The van der Waals surface area contributed by atoms with Crippen molar-refractivity contribution in [2.75, 3.05) is 16.4 Å². The average Bonchev–Trinajstić information content (AvgIpc) is 3.00. The smallest absolute Gasteiger partial charge is 0.00989 e. The van der Waals surface area contributed by atoms with Gasteiger partial charge in [-0.25, -0.2) is 0 Å². The van der Waals surface area contributed by atoms with Gasteiger partial charge in [-0.2, -0.15) is 0 Å². The Morgan fingerprint density at radius 3 is 2.26 bits per heavy atom. The highest BCUT2D eigenvalue weighted by atomic mass is 79.9. The topological polar surface area (TPSA) is 0 Å². The number of thioether (sulfide) groups is 1. The van der Waals surface area contributed by atoms with E-state index < -0.39 is 0 Å². The molecule has 0 amide bonds. The van der Waals surface area contributed by atoms with Gasteiger partial charge in [-0.15, -0.1) is 11.8 Å². The van der Waals surface area contributed by atoms with Gasteiger partial charge < -0.3 is 0 Å². The van der Waals surface area contributed by atoms with Crippen molar-refractivity contribution in [2.45, 2.75) is 37.0 Å². The molecular formula is C16H22Br2S. The molecule has 0 heterocycles. The Bertz CT molecular complexity index is 356. The molecule has 0 radical (unpaired) electrons. The third-order valence-electron chi connectivity index (χ3n) is 4.37. The molecule has 2 rings (SSSR count). The molecule has 0 saturated heterocycles. The monoisotopic (exact) mass is 404 g/mol. The predicted molar refractivity (Wildman–Crippen MR) is 93.8 cm³/mol. The molecule has 0 nitrogen and oxygen atoms in total. The zero-order valence-electron chi connectivity index (χ0n) is 11.3. The minimum atomic E-state index is 0.457. The number of rotatable bonds is 7. The van der Waals surface area contributed by atoms with Crippen LogP contribution in [0.15, 0.2) is 35.2 Å². The lowest BCUT2D eigenvalue weighted by Crippen LogP contribution is -2.33. The van der Waals surface area contributed by atoms with Crippen molar-refractivity contribution in [1.82, 2.24) is 0 Å². The van der Waals surface area contributed by atoms with E-state index in [1.54, 1.807) is 0 Å². The third kappa shape index (κ3) is 4.25. The first-order valence-electron chi connectivity index (χ1n) is 7.10. The van der Waals surface area contributed by atoms with Gasteiger partial charge in [0.1, 0.15) is 0 Å². The van der Waals surface area contributed by atoms with Crippen LogP contribution in [0.5, 0.6) is 0 Å². The highest BCUT2D eigenvalue weighted by Gasteiger charge is 2.37. The zero-order valence-corrected chi connectivity index (χ0v) is 15.3. The molecule has 1 fully saturated rings. The second kappa shape index (κ2) is 8.09. The molecule has 106 valence electrons. The van der Waals surface area contributed by atoms with E-state index in [0.717, 1.165) is 16.6 Å². The molecule has 1 aliphatic rings. The van der Waals surface area contributed by atoms with Crippen LogP contribution in [-0.4, -0.2) is 16.4 Å². The average molecular weight is 406 g/mol. The summed E-state index contributed by atoms with van der Waals surface area (Å²) in [6, 6.07) is 10.8. The molecule has 1 saturated carbocycles. The minimum absolute atomic E-state index is 0.457.